The molecule has 20 heavy (non-hydrogen) atoms. The van der Waals surface area contributed by atoms with E-state index in [-0.39, 0.29) is 17.9 Å². The molecule has 2 aromatic rings. The Morgan fingerprint density at radius 1 is 1.40 bits per heavy atom. The second-order valence-electron chi connectivity index (χ2n) is 4.15. The number of rotatable bonds is 2. The van der Waals surface area contributed by atoms with Gasteiger partial charge in [0.25, 0.3) is 0 Å². The third kappa shape index (κ3) is 2.56. The first-order chi connectivity index (χ1) is 9.32. The third-order valence-electron chi connectivity index (χ3n) is 2.79. The second kappa shape index (κ2) is 4.85. The number of anilines is 1. The highest BCUT2D eigenvalue weighted by Gasteiger charge is 2.37. The van der Waals surface area contributed by atoms with Gasteiger partial charge in [-0.15, -0.1) is 0 Å². The van der Waals surface area contributed by atoms with Crippen molar-refractivity contribution in [1.82, 2.24) is 14.8 Å². The Labute approximate surface area is 112 Å². The van der Waals surface area contributed by atoms with Gasteiger partial charge in [0.15, 0.2) is 5.69 Å². The fourth-order valence-electron chi connectivity index (χ4n) is 1.66. The topological polar surface area (TPSA) is 80.5 Å². The fraction of sp³-hybridized carbons (Fsp3) is 0.250. The number of nitriles is 1. The second-order valence-corrected chi connectivity index (χ2v) is 4.15. The fourth-order valence-corrected chi connectivity index (χ4v) is 1.66. The lowest BCUT2D eigenvalue weighted by Gasteiger charge is -2.04. The van der Waals surface area contributed by atoms with Crippen LogP contribution in [-0.2, 0) is 12.7 Å². The number of nitrogens with two attached hydrogens (primary N) is 1. The van der Waals surface area contributed by atoms with E-state index in [0.29, 0.717) is 11.3 Å². The summed E-state index contributed by atoms with van der Waals surface area (Å²) < 4.78 is 39.2. The molecule has 8 heteroatoms. The zero-order valence-electron chi connectivity index (χ0n) is 10.4. The predicted molar refractivity (Wildman–Crippen MR) is 64.4 cm³/mol. The van der Waals surface area contributed by atoms with Crippen molar-refractivity contribution >= 4 is 5.69 Å². The van der Waals surface area contributed by atoms with Crippen molar-refractivity contribution < 1.29 is 13.2 Å². The van der Waals surface area contributed by atoms with Crippen LogP contribution in [0.3, 0.4) is 0 Å². The van der Waals surface area contributed by atoms with Crippen molar-refractivity contribution in [3.05, 3.63) is 41.0 Å². The van der Waals surface area contributed by atoms with E-state index in [2.05, 4.69) is 10.1 Å². The summed E-state index contributed by atoms with van der Waals surface area (Å²) >= 11 is 0. The number of nitrogen functional groups attached to an aromatic ring is 1. The zero-order valence-corrected chi connectivity index (χ0v) is 10.4. The SMILES string of the molecule is Cc1c(N)c(C(F)(F)F)nn1Cc1ccc(C#N)cn1. The minimum atomic E-state index is -4.59. The zero-order chi connectivity index (χ0) is 14.9. The summed E-state index contributed by atoms with van der Waals surface area (Å²) in [5.41, 5.74) is 5.04. The lowest BCUT2D eigenvalue weighted by atomic mass is 10.2. The predicted octanol–water partition coefficient (Wildman–Crippen LogP) is 2.11. The lowest BCUT2D eigenvalue weighted by Crippen LogP contribution is -2.10. The van der Waals surface area contributed by atoms with E-state index in [0.717, 1.165) is 4.68 Å². The van der Waals surface area contributed by atoms with Gasteiger partial charge in [-0.2, -0.15) is 23.5 Å². The van der Waals surface area contributed by atoms with Crippen molar-refractivity contribution in [3.8, 4) is 6.07 Å². The Morgan fingerprint density at radius 3 is 2.55 bits per heavy atom. The molecule has 0 aromatic carbocycles. The quantitative estimate of drug-likeness (QED) is 0.914. The summed E-state index contributed by atoms with van der Waals surface area (Å²) in [5.74, 6) is 0. The molecule has 104 valence electrons. The van der Waals surface area contributed by atoms with E-state index in [1.165, 1.54) is 19.2 Å². The van der Waals surface area contributed by atoms with Gasteiger partial charge in [0.2, 0.25) is 0 Å². The molecule has 5 nitrogen and oxygen atoms in total. The lowest BCUT2D eigenvalue weighted by molar-refractivity contribution is -0.140. The van der Waals surface area contributed by atoms with Crippen molar-refractivity contribution in [3.63, 3.8) is 0 Å². The number of hydrogen-bond acceptors (Lipinski definition) is 4. The molecule has 0 radical (unpaired) electrons. The molecule has 0 saturated heterocycles. The summed E-state index contributed by atoms with van der Waals surface area (Å²) in [7, 11) is 0. The maximum Gasteiger partial charge on any atom is 0.437 e. The number of halogens is 3. The van der Waals surface area contributed by atoms with Gasteiger partial charge in [-0.1, -0.05) is 0 Å². The Bertz CT molecular complexity index is 664. The van der Waals surface area contributed by atoms with E-state index >= 15 is 0 Å². The van der Waals surface area contributed by atoms with Crippen LogP contribution in [0.2, 0.25) is 0 Å². The summed E-state index contributed by atoms with van der Waals surface area (Å²) in [6, 6.07) is 5.00. The average molecular weight is 281 g/mol. The van der Waals surface area contributed by atoms with Gasteiger partial charge in [-0.3, -0.25) is 9.67 Å². The van der Waals surface area contributed by atoms with Crippen molar-refractivity contribution in [1.29, 1.82) is 5.26 Å². The number of alkyl halides is 3. The van der Waals surface area contributed by atoms with Crippen LogP contribution < -0.4 is 5.73 Å². The summed E-state index contributed by atoms with van der Waals surface area (Å²) in [5, 5.41) is 12.1. The Morgan fingerprint density at radius 2 is 2.10 bits per heavy atom. The molecule has 0 aliphatic heterocycles. The molecule has 2 heterocycles. The van der Waals surface area contributed by atoms with Crippen LogP contribution >= 0.6 is 0 Å². The number of pyridine rings is 1. The highest BCUT2D eigenvalue weighted by atomic mass is 19.4. The summed E-state index contributed by atoms with van der Waals surface area (Å²) in [6.45, 7) is 1.51. The molecule has 0 saturated carbocycles. The Balaban J connectivity index is 2.32. The van der Waals surface area contributed by atoms with Gasteiger partial charge in [0.1, 0.15) is 6.07 Å². The largest absolute Gasteiger partial charge is 0.437 e. The first-order valence-electron chi connectivity index (χ1n) is 5.58. The molecular weight excluding hydrogens is 271 g/mol. The van der Waals surface area contributed by atoms with Crippen LogP contribution in [-0.4, -0.2) is 14.8 Å². The standard InChI is InChI=1S/C12H10F3N5/c1-7-10(17)11(12(13,14)15)19-20(7)6-9-3-2-8(4-16)5-18-9/h2-3,5H,6,17H2,1H3. The van der Waals surface area contributed by atoms with Crippen molar-refractivity contribution in [2.24, 2.45) is 0 Å². The van der Waals surface area contributed by atoms with Crippen LogP contribution in [0.15, 0.2) is 18.3 Å². The molecule has 0 fully saturated rings. The minimum Gasteiger partial charge on any atom is -0.395 e. The Hall–Kier alpha value is -2.56. The molecule has 0 spiro atoms. The molecule has 0 atom stereocenters. The van der Waals surface area contributed by atoms with Crippen LogP contribution in [0.4, 0.5) is 18.9 Å². The molecule has 0 bridgehead atoms. The van der Waals surface area contributed by atoms with E-state index in [1.54, 1.807) is 6.07 Å². The molecule has 0 unspecified atom stereocenters. The van der Waals surface area contributed by atoms with E-state index in [4.69, 9.17) is 11.0 Å². The van der Waals surface area contributed by atoms with Gasteiger partial charge in [-0.25, -0.2) is 0 Å². The van der Waals surface area contributed by atoms with E-state index < -0.39 is 11.9 Å². The smallest absolute Gasteiger partial charge is 0.395 e. The normalized spacial score (nSPS) is 11.3. The number of nitrogens with zero attached hydrogens (tertiary/aromatic N) is 4. The highest BCUT2D eigenvalue weighted by molar-refractivity contribution is 5.49. The highest BCUT2D eigenvalue weighted by Crippen LogP contribution is 2.33. The van der Waals surface area contributed by atoms with E-state index in [9.17, 15) is 13.2 Å². The van der Waals surface area contributed by atoms with Gasteiger partial charge in [0, 0.05) is 6.20 Å². The van der Waals surface area contributed by atoms with Gasteiger partial charge in [-0.05, 0) is 19.1 Å². The van der Waals surface area contributed by atoms with Gasteiger partial charge >= 0.3 is 6.18 Å². The van der Waals surface area contributed by atoms with Crippen molar-refractivity contribution in [2.45, 2.75) is 19.6 Å². The van der Waals surface area contributed by atoms with Crippen LogP contribution in [0.5, 0.6) is 0 Å². The monoisotopic (exact) mass is 281 g/mol. The van der Waals surface area contributed by atoms with Gasteiger partial charge in [0.05, 0.1) is 29.2 Å². The molecule has 0 amide bonds. The molecule has 2 aromatic heterocycles. The molecule has 2 rings (SSSR count). The Kier molecular flexibility index (Phi) is 3.36. The number of hydrogen-bond donors (Lipinski definition) is 1. The maximum atomic E-state index is 12.7. The van der Waals surface area contributed by atoms with Crippen LogP contribution in [0.1, 0.15) is 22.6 Å². The van der Waals surface area contributed by atoms with Crippen LogP contribution in [0.25, 0.3) is 0 Å². The van der Waals surface area contributed by atoms with E-state index in [1.807, 2.05) is 6.07 Å². The first-order valence-corrected chi connectivity index (χ1v) is 5.58. The van der Waals surface area contributed by atoms with Gasteiger partial charge < -0.3 is 5.73 Å². The summed E-state index contributed by atoms with van der Waals surface area (Å²) in [6.07, 6.45) is -3.24. The molecular formula is C12H10F3N5. The summed E-state index contributed by atoms with van der Waals surface area (Å²) in [4.78, 5) is 3.98. The number of aromatic nitrogens is 3. The molecule has 0 aliphatic carbocycles. The molecule has 2 N–H and O–H groups in total. The first kappa shape index (κ1) is 13.9. The maximum absolute atomic E-state index is 12.7. The third-order valence-corrected chi connectivity index (χ3v) is 2.79. The molecule has 0 aliphatic rings. The average Bonchev–Trinajstić information content (AvgIpc) is 2.68. The van der Waals surface area contributed by atoms with Crippen molar-refractivity contribution in [2.75, 3.05) is 5.73 Å². The minimum absolute atomic E-state index is 0.0534. The van der Waals surface area contributed by atoms with Crippen LogP contribution in [0, 0.1) is 18.3 Å².